The van der Waals surface area contributed by atoms with Crippen LogP contribution in [0.5, 0.6) is 0 Å². The molecule has 0 radical (unpaired) electrons. The summed E-state index contributed by atoms with van der Waals surface area (Å²) in [4.78, 5) is 0. The lowest BCUT2D eigenvalue weighted by molar-refractivity contribution is 0.223. The Morgan fingerprint density at radius 1 is 1.29 bits per heavy atom. The fraction of sp³-hybridized carbons (Fsp3) is 0.571. The molecule has 1 rings (SSSR count). The monoisotopic (exact) mass is 254 g/mol. The first-order valence-corrected chi connectivity index (χ1v) is 6.44. The van der Waals surface area contributed by atoms with Crippen molar-refractivity contribution in [1.29, 1.82) is 0 Å². The van der Waals surface area contributed by atoms with E-state index in [2.05, 4.69) is 33.1 Å². The van der Waals surface area contributed by atoms with Crippen LogP contribution >= 0.6 is 11.6 Å². The molecule has 2 unspecified atom stereocenters. The van der Waals surface area contributed by atoms with Crippen molar-refractivity contribution in [3.8, 4) is 0 Å². The Labute approximate surface area is 110 Å². The molecular formula is C14H23ClN2. The fourth-order valence-electron chi connectivity index (χ4n) is 1.75. The molecular weight excluding hydrogens is 232 g/mol. The van der Waals surface area contributed by atoms with Crippen LogP contribution < -0.4 is 11.3 Å². The van der Waals surface area contributed by atoms with Crippen molar-refractivity contribution in [3.63, 3.8) is 0 Å². The molecule has 0 fully saturated rings. The lowest BCUT2D eigenvalue weighted by atomic mass is 9.77. The molecule has 0 saturated heterocycles. The molecule has 2 atom stereocenters. The van der Waals surface area contributed by atoms with E-state index >= 15 is 0 Å². The van der Waals surface area contributed by atoms with Gasteiger partial charge in [-0.15, -0.1) is 0 Å². The minimum Gasteiger partial charge on any atom is -0.271 e. The standard InChI is InChI=1S/C14H23ClN2/c1-10(14(2,3)4)9-13(17-16)11-7-5-6-8-12(11)15/h5-8,10,13,17H,9,16H2,1-4H3. The van der Waals surface area contributed by atoms with Crippen molar-refractivity contribution in [2.75, 3.05) is 0 Å². The second-order valence-electron chi connectivity index (χ2n) is 5.74. The average Bonchev–Trinajstić information content (AvgIpc) is 2.25. The predicted molar refractivity (Wildman–Crippen MR) is 74.8 cm³/mol. The highest BCUT2D eigenvalue weighted by Crippen LogP contribution is 2.34. The fourth-order valence-corrected chi connectivity index (χ4v) is 2.02. The molecule has 0 aliphatic heterocycles. The summed E-state index contributed by atoms with van der Waals surface area (Å²) in [7, 11) is 0. The molecule has 3 N–H and O–H groups in total. The predicted octanol–water partition coefficient (Wildman–Crippen LogP) is 3.92. The lowest BCUT2D eigenvalue weighted by Gasteiger charge is -2.31. The largest absolute Gasteiger partial charge is 0.271 e. The van der Waals surface area contributed by atoms with Crippen LogP contribution in [0.3, 0.4) is 0 Å². The van der Waals surface area contributed by atoms with Crippen molar-refractivity contribution in [2.45, 2.75) is 40.2 Å². The van der Waals surface area contributed by atoms with E-state index in [1.165, 1.54) is 0 Å². The normalized spacial score (nSPS) is 15.6. The molecule has 2 nitrogen and oxygen atoms in total. The smallest absolute Gasteiger partial charge is 0.0477 e. The molecule has 3 heteroatoms. The summed E-state index contributed by atoms with van der Waals surface area (Å²) in [6, 6.07) is 7.98. The first kappa shape index (κ1) is 14.5. The van der Waals surface area contributed by atoms with Crippen molar-refractivity contribution in [1.82, 2.24) is 5.43 Å². The maximum atomic E-state index is 6.20. The number of rotatable bonds is 4. The van der Waals surface area contributed by atoms with Crippen LogP contribution in [0.2, 0.25) is 5.02 Å². The molecule has 0 bridgehead atoms. The minimum atomic E-state index is 0.109. The van der Waals surface area contributed by atoms with Gasteiger partial charge in [-0.3, -0.25) is 11.3 Å². The van der Waals surface area contributed by atoms with E-state index in [0.29, 0.717) is 5.92 Å². The van der Waals surface area contributed by atoms with Gasteiger partial charge in [-0.2, -0.15) is 0 Å². The summed E-state index contributed by atoms with van der Waals surface area (Å²) in [5.74, 6) is 6.21. The molecule has 0 saturated carbocycles. The third kappa shape index (κ3) is 3.98. The number of hydrazine groups is 1. The van der Waals surface area contributed by atoms with Gasteiger partial charge in [0.1, 0.15) is 0 Å². The third-order valence-electron chi connectivity index (χ3n) is 3.55. The van der Waals surface area contributed by atoms with Crippen LogP contribution in [0, 0.1) is 11.3 Å². The summed E-state index contributed by atoms with van der Waals surface area (Å²) in [6.45, 7) is 8.99. The van der Waals surface area contributed by atoms with E-state index in [0.717, 1.165) is 17.0 Å². The lowest BCUT2D eigenvalue weighted by Crippen LogP contribution is -2.32. The number of hydrogen-bond donors (Lipinski definition) is 2. The molecule has 0 amide bonds. The first-order valence-electron chi connectivity index (χ1n) is 6.06. The van der Waals surface area contributed by atoms with Gasteiger partial charge in [-0.25, -0.2) is 0 Å². The van der Waals surface area contributed by atoms with Crippen LogP contribution in [0.15, 0.2) is 24.3 Å². The van der Waals surface area contributed by atoms with Crippen LogP contribution in [0.1, 0.15) is 45.7 Å². The van der Waals surface area contributed by atoms with Crippen molar-refractivity contribution in [3.05, 3.63) is 34.9 Å². The maximum absolute atomic E-state index is 6.20. The topological polar surface area (TPSA) is 38.0 Å². The van der Waals surface area contributed by atoms with Crippen molar-refractivity contribution in [2.24, 2.45) is 17.2 Å². The zero-order chi connectivity index (χ0) is 13.1. The highest BCUT2D eigenvalue weighted by Gasteiger charge is 2.24. The van der Waals surface area contributed by atoms with Gasteiger partial charge in [0.15, 0.2) is 0 Å². The highest BCUT2D eigenvalue weighted by atomic mass is 35.5. The summed E-state index contributed by atoms with van der Waals surface area (Å²) >= 11 is 6.20. The van der Waals surface area contributed by atoms with E-state index < -0.39 is 0 Å². The Kier molecular flexibility index (Phi) is 4.99. The van der Waals surface area contributed by atoms with E-state index in [9.17, 15) is 0 Å². The highest BCUT2D eigenvalue weighted by molar-refractivity contribution is 6.31. The Morgan fingerprint density at radius 2 is 1.88 bits per heavy atom. The van der Waals surface area contributed by atoms with Gasteiger partial charge in [0.05, 0.1) is 0 Å². The zero-order valence-corrected chi connectivity index (χ0v) is 11.9. The molecule has 1 aromatic rings. The van der Waals surface area contributed by atoms with E-state index in [1.54, 1.807) is 0 Å². The molecule has 96 valence electrons. The Bertz CT molecular complexity index is 357. The SMILES string of the molecule is CC(CC(NN)c1ccccc1Cl)C(C)(C)C. The van der Waals surface area contributed by atoms with E-state index in [-0.39, 0.29) is 11.5 Å². The van der Waals surface area contributed by atoms with Gasteiger partial charge in [0, 0.05) is 11.1 Å². The number of benzene rings is 1. The van der Waals surface area contributed by atoms with Crippen molar-refractivity contribution >= 4 is 11.6 Å². The summed E-state index contributed by atoms with van der Waals surface area (Å²) < 4.78 is 0. The summed E-state index contributed by atoms with van der Waals surface area (Å²) in [5, 5.41) is 0.775. The molecule has 0 heterocycles. The van der Waals surface area contributed by atoms with Crippen LogP contribution in [0.4, 0.5) is 0 Å². The minimum absolute atomic E-state index is 0.109. The molecule has 0 aliphatic rings. The number of nitrogens with one attached hydrogen (secondary N) is 1. The number of nitrogens with two attached hydrogens (primary N) is 1. The average molecular weight is 255 g/mol. The zero-order valence-electron chi connectivity index (χ0n) is 11.1. The second kappa shape index (κ2) is 5.85. The van der Waals surface area contributed by atoms with Crippen LogP contribution in [0.25, 0.3) is 0 Å². The van der Waals surface area contributed by atoms with Gasteiger partial charge in [-0.1, -0.05) is 57.5 Å². The quantitative estimate of drug-likeness (QED) is 0.631. The molecule has 1 aromatic carbocycles. The molecule has 0 aromatic heterocycles. The van der Waals surface area contributed by atoms with E-state index in [1.807, 2.05) is 24.3 Å². The molecule has 0 aliphatic carbocycles. The van der Waals surface area contributed by atoms with Crippen molar-refractivity contribution < 1.29 is 0 Å². The molecule has 0 spiro atoms. The third-order valence-corrected chi connectivity index (χ3v) is 3.89. The van der Waals surface area contributed by atoms with Gasteiger partial charge in [0.2, 0.25) is 0 Å². The summed E-state index contributed by atoms with van der Waals surface area (Å²) in [6.07, 6.45) is 0.976. The van der Waals surface area contributed by atoms with Gasteiger partial charge in [-0.05, 0) is 29.4 Å². The summed E-state index contributed by atoms with van der Waals surface area (Å²) in [5.41, 5.74) is 4.23. The second-order valence-corrected chi connectivity index (χ2v) is 6.15. The molecule has 17 heavy (non-hydrogen) atoms. The van der Waals surface area contributed by atoms with Crippen LogP contribution in [-0.2, 0) is 0 Å². The van der Waals surface area contributed by atoms with E-state index in [4.69, 9.17) is 17.4 Å². The van der Waals surface area contributed by atoms with Gasteiger partial charge < -0.3 is 0 Å². The van der Waals surface area contributed by atoms with Gasteiger partial charge >= 0.3 is 0 Å². The Hall–Kier alpha value is -0.570. The first-order chi connectivity index (χ1) is 7.86. The maximum Gasteiger partial charge on any atom is 0.0477 e. The van der Waals surface area contributed by atoms with Crippen LogP contribution in [-0.4, -0.2) is 0 Å². The Balaban J connectivity index is 2.83. The van der Waals surface area contributed by atoms with Gasteiger partial charge in [0.25, 0.3) is 0 Å². The Morgan fingerprint density at radius 3 is 2.35 bits per heavy atom. The number of hydrogen-bond acceptors (Lipinski definition) is 2. The number of halogens is 1.